The first-order chi connectivity index (χ1) is 32.8. The Labute approximate surface area is 385 Å². The van der Waals surface area contributed by atoms with Gasteiger partial charge in [0.2, 0.25) is 0 Å². The number of benzene rings is 11. The monoisotopic (exact) mass is 840 g/mol. The number of aromatic nitrogens is 1. The van der Waals surface area contributed by atoms with Crippen LogP contribution in [-0.4, -0.2) is 4.57 Å². The number of anilines is 3. The van der Waals surface area contributed by atoms with E-state index < -0.39 is 0 Å². The van der Waals surface area contributed by atoms with E-state index in [4.69, 9.17) is 0 Å². The Morgan fingerprint density at radius 1 is 0.273 bits per heavy atom. The van der Waals surface area contributed by atoms with Gasteiger partial charge in [0.15, 0.2) is 0 Å². The number of fused-ring (bicyclic) bond motifs is 4. The zero-order valence-electron chi connectivity index (χ0n) is 36.3. The molecule has 2 heteroatoms. The van der Waals surface area contributed by atoms with Crippen molar-refractivity contribution in [1.82, 2.24) is 4.57 Å². The lowest BCUT2D eigenvalue weighted by Gasteiger charge is -2.28. The van der Waals surface area contributed by atoms with Gasteiger partial charge in [-0.3, -0.25) is 0 Å². The third kappa shape index (κ3) is 6.84. The number of para-hydroxylation sites is 1. The van der Waals surface area contributed by atoms with Gasteiger partial charge in [0, 0.05) is 38.8 Å². The summed E-state index contributed by atoms with van der Waals surface area (Å²) in [5.41, 5.74) is 17.6. The van der Waals surface area contributed by atoms with Crippen LogP contribution in [0.2, 0.25) is 0 Å². The summed E-state index contributed by atoms with van der Waals surface area (Å²) in [5, 5.41) is 6.00. The maximum atomic E-state index is 2.49. The van der Waals surface area contributed by atoms with Crippen LogP contribution < -0.4 is 4.90 Å². The van der Waals surface area contributed by atoms with E-state index in [0.29, 0.717) is 0 Å². The minimum absolute atomic E-state index is 1.09. The van der Waals surface area contributed by atoms with Crippen LogP contribution in [0.1, 0.15) is 0 Å². The second-order valence-electron chi connectivity index (χ2n) is 16.8. The number of nitrogens with zero attached hydrogens (tertiary/aromatic N) is 2. The van der Waals surface area contributed by atoms with E-state index in [1.807, 2.05) is 0 Å². The van der Waals surface area contributed by atoms with Crippen LogP contribution in [0, 0.1) is 0 Å². The number of hydrogen-bond acceptors (Lipinski definition) is 1. The largest absolute Gasteiger partial charge is 0.310 e. The third-order valence-electron chi connectivity index (χ3n) is 13.0. The molecule has 1 heterocycles. The van der Waals surface area contributed by atoms with Gasteiger partial charge in [-0.15, -0.1) is 0 Å². The molecule has 1 aromatic heterocycles. The predicted octanol–water partition coefficient (Wildman–Crippen LogP) is 17.7. The molecule has 0 N–H and O–H groups in total. The predicted molar refractivity (Wildman–Crippen MR) is 280 cm³/mol. The number of hydrogen-bond donors (Lipinski definition) is 0. The lowest BCUT2D eigenvalue weighted by molar-refractivity contribution is 1.14. The van der Waals surface area contributed by atoms with Crippen LogP contribution in [0.5, 0.6) is 0 Å². The van der Waals surface area contributed by atoms with Gasteiger partial charge in [0.25, 0.3) is 0 Å². The second-order valence-corrected chi connectivity index (χ2v) is 16.8. The normalized spacial score (nSPS) is 11.3. The van der Waals surface area contributed by atoms with Crippen LogP contribution in [-0.2, 0) is 0 Å². The van der Waals surface area contributed by atoms with Crippen LogP contribution in [0.15, 0.2) is 267 Å². The summed E-state index contributed by atoms with van der Waals surface area (Å²) < 4.78 is 2.49. The Hall–Kier alpha value is -8.72. The molecule has 310 valence electrons. The van der Waals surface area contributed by atoms with Crippen molar-refractivity contribution < 1.29 is 0 Å². The van der Waals surface area contributed by atoms with E-state index in [2.05, 4.69) is 276 Å². The highest BCUT2D eigenvalue weighted by Gasteiger charge is 2.25. The van der Waals surface area contributed by atoms with Crippen molar-refractivity contribution in [2.75, 3.05) is 4.90 Å². The summed E-state index contributed by atoms with van der Waals surface area (Å²) in [4.78, 5) is 2.41. The van der Waals surface area contributed by atoms with Crippen LogP contribution in [0.3, 0.4) is 0 Å². The molecule has 0 fully saturated rings. The number of rotatable bonds is 9. The first-order valence-corrected chi connectivity index (χ1v) is 22.7. The van der Waals surface area contributed by atoms with Crippen molar-refractivity contribution in [2.45, 2.75) is 0 Å². The van der Waals surface area contributed by atoms with Gasteiger partial charge in [0.05, 0.1) is 16.9 Å². The van der Waals surface area contributed by atoms with Crippen molar-refractivity contribution in [2.24, 2.45) is 0 Å². The van der Waals surface area contributed by atoms with Crippen molar-refractivity contribution in [1.29, 1.82) is 0 Å². The Bertz CT molecular complexity index is 3550. The molecule has 0 saturated heterocycles. The highest BCUT2D eigenvalue weighted by atomic mass is 15.1. The van der Waals surface area contributed by atoms with Gasteiger partial charge >= 0.3 is 0 Å². The quantitative estimate of drug-likeness (QED) is 0.141. The summed E-state index contributed by atoms with van der Waals surface area (Å²) in [6.45, 7) is 0. The molecular formula is C64H44N2. The fourth-order valence-electron chi connectivity index (χ4n) is 9.98. The van der Waals surface area contributed by atoms with Crippen LogP contribution in [0.4, 0.5) is 17.1 Å². The summed E-state index contributed by atoms with van der Waals surface area (Å²) in [6.07, 6.45) is 0. The molecule has 0 aliphatic rings. The van der Waals surface area contributed by atoms with E-state index >= 15 is 0 Å². The average molecular weight is 841 g/mol. The summed E-state index contributed by atoms with van der Waals surface area (Å²) in [5.74, 6) is 0. The molecule has 0 bridgehead atoms. The lowest BCUT2D eigenvalue weighted by atomic mass is 9.90. The Morgan fingerprint density at radius 2 is 0.697 bits per heavy atom. The smallest absolute Gasteiger partial charge is 0.0620 e. The molecule has 66 heavy (non-hydrogen) atoms. The molecule has 2 nitrogen and oxygen atoms in total. The summed E-state index contributed by atoms with van der Waals surface area (Å²) >= 11 is 0. The maximum Gasteiger partial charge on any atom is 0.0620 e. The zero-order chi connectivity index (χ0) is 43.8. The van der Waals surface area contributed by atoms with Gasteiger partial charge < -0.3 is 9.47 Å². The van der Waals surface area contributed by atoms with Crippen molar-refractivity contribution >= 4 is 49.5 Å². The van der Waals surface area contributed by atoms with Gasteiger partial charge in [-0.05, 0) is 104 Å². The molecule has 0 spiro atoms. The molecule has 0 unspecified atom stereocenters. The van der Waals surface area contributed by atoms with Crippen molar-refractivity contribution in [3.63, 3.8) is 0 Å². The molecule has 11 aromatic carbocycles. The van der Waals surface area contributed by atoms with Gasteiger partial charge in [-0.2, -0.15) is 0 Å². The topological polar surface area (TPSA) is 8.17 Å². The van der Waals surface area contributed by atoms with Crippen LogP contribution >= 0.6 is 0 Å². The summed E-state index contributed by atoms with van der Waals surface area (Å²) in [7, 11) is 0. The molecule has 0 saturated carbocycles. The maximum absolute atomic E-state index is 2.49. The molecule has 0 atom stereocenters. The van der Waals surface area contributed by atoms with E-state index in [-0.39, 0.29) is 0 Å². The lowest BCUT2D eigenvalue weighted by Crippen LogP contribution is -2.10. The summed E-state index contributed by atoms with van der Waals surface area (Å²) in [6, 6.07) is 96.9. The molecule has 0 radical (unpaired) electrons. The van der Waals surface area contributed by atoms with E-state index in [9.17, 15) is 0 Å². The standard InChI is InChI=1S/C64H44N2/c1-6-20-45(21-7-1)47-36-40-52(41-37-47)65(53-42-38-48(39-43-53)46-22-8-2-9-23-46)61-35-19-33-54-55(32-18-34-57(54)61)59-44-60-62(49-24-10-3-11-25-49)63(50-26-12-4-13-27-50)66(51-28-14-5-15-29-51)64(60)58-31-17-16-30-56(58)59/h1-44H. The SMILES string of the molecule is c1ccc(-c2ccc(N(c3ccc(-c4ccccc4)cc3)c3cccc4c(-c5cc6c(-c7ccccc7)c(-c7ccccc7)n(-c7ccccc7)c6c6ccccc56)cccc34)cc2)cc1. The fourth-order valence-corrected chi connectivity index (χ4v) is 9.98. The Morgan fingerprint density at radius 3 is 1.27 bits per heavy atom. The highest BCUT2D eigenvalue weighted by molar-refractivity contribution is 6.21. The first kappa shape index (κ1) is 38.9. The Kier molecular flexibility index (Phi) is 9.89. The molecule has 0 amide bonds. The zero-order valence-corrected chi connectivity index (χ0v) is 36.3. The van der Waals surface area contributed by atoms with Gasteiger partial charge in [-0.25, -0.2) is 0 Å². The third-order valence-corrected chi connectivity index (χ3v) is 13.0. The molecular weight excluding hydrogens is 797 g/mol. The van der Waals surface area contributed by atoms with E-state index in [1.54, 1.807) is 0 Å². The highest BCUT2D eigenvalue weighted by Crippen LogP contribution is 2.49. The van der Waals surface area contributed by atoms with Gasteiger partial charge in [0.1, 0.15) is 0 Å². The second kappa shape index (κ2) is 16.8. The molecule has 12 aromatic rings. The fraction of sp³-hybridized carbons (Fsp3) is 0. The van der Waals surface area contributed by atoms with E-state index in [0.717, 1.165) is 22.7 Å². The minimum atomic E-state index is 1.09. The van der Waals surface area contributed by atoms with Crippen molar-refractivity contribution in [3.05, 3.63) is 267 Å². The van der Waals surface area contributed by atoms with Crippen molar-refractivity contribution in [3.8, 4) is 61.5 Å². The van der Waals surface area contributed by atoms with E-state index in [1.165, 1.54) is 88.2 Å². The molecule has 0 aliphatic heterocycles. The molecule has 12 rings (SSSR count). The minimum Gasteiger partial charge on any atom is -0.310 e. The average Bonchev–Trinajstić information content (AvgIpc) is 3.75. The molecule has 0 aliphatic carbocycles. The Balaban J connectivity index is 1.10. The van der Waals surface area contributed by atoms with Crippen LogP contribution in [0.25, 0.3) is 93.9 Å². The first-order valence-electron chi connectivity index (χ1n) is 22.7. The van der Waals surface area contributed by atoms with Gasteiger partial charge in [-0.1, -0.05) is 218 Å².